The van der Waals surface area contributed by atoms with Crippen molar-refractivity contribution in [3.63, 3.8) is 0 Å². The zero-order valence-electron chi connectivity index (χ0n) is 16.5. The maximum absolute atomic E-state index is 12.6. The summed E-state index contributed by atoms with van der Waals surface area (Å²) in [5, 5.41) is 29.3. The second kappa shape index (κ2) is 12.5. The van der Waals surface area contributed by atoms with Crippen LogP contribution in [-0.4, -0.2) is 66.1 Å². The van der Waals surface area contributed by atoms with Crippen LogP contribution in [0, 0.1) is 5.41 Å². The van der Waals surface area contributed by atoms with E-state index in [0.717, 1.165) is 25.8 Å². The summed E-state index contributed by atoms with van der Waals surface area (Å²) in [6.07, 6.45) is 2.67. The Hall–Kier alpha value is -2.89. The first-order valence-corrected chi connectivity index (χ1v) is 9.62. The fourth-order valence-electron chi connectivity index (χ4n) is 2.84. The van der Waals surface area contributed by atoms with E-state index in [9.17, 15) is 19.2 Å². The van der Waals surface area contributed by atoms with Crippen LogP contribution in [0.15, 0.2) is 0 Å². The van der Waals surface area contributed by atoms with Gasteiger partial charge in [0.2, 0.25) is 17.7 Å². The predicted octanol–water partition coefficient (Wildman–Crippen LogP) is -2.07. The lowest BCUT2D eigenvalue weighted by Gasteiger charge is -2.27. The number of rotatable bonds is 11. The molecule has 0 aromatic heterocycles. The van der Waals surface area contributed by atoms with Crippen LogP contribution in [0.5, 0.6) is 0 Å². The van der Waals surface area contributed by atoms with E-state index in [1.807, 2.05) is 0 Å². The van der Waals surface area contributed by atoms with Crippen LogP contribution in [0.4, 0.5) is 0 Å². The number of hydrogen-bond acceptors (Lipinski definition) is 6. The average molecular weight is 413 g/mol. The smallest absolute Gasteiger partial charge is 0.312 e. The Labute approximate surface area is 169 Å². The van der Waals surface area contributed by atoms with Gasteiger partial charge in [-0.1, -0.05) is 0 Å². The Morgan fingerprint density at radius 3 is 2.52 bits per heavy atom. The molecule has 3 amide bonds. The van der Waals surface area contributed by atoms with Crippen molar-refractivity contribution in [3.8, 4) is 0 Å². The van der Waals surface area contributed by atoms with E-state index in [0.29, 0.717) is 19.4 Å². The number of hydrogen-bond donors (Lipinski definition) is 8. The van der Waals surface area contributed by atoms with Gasteiger partial charge in [-0.2, -0.15) is 0 Å². The number of guanidine groups is 1. The fourth-order valence-corrected chi connectivity index (χ4v) is 2.84. The van der Waals surface area contributed by atoms with E-state index in [1.165, 1.54) is 6.92 Å². The van der Waals surface area contributed by atoms with Gasteiger partial charge >= 0.3 is 5.97 Å². The highest BCUT2D eigenvalue weighted by Crippen LogP contribution is 2.06. The number of carbonyl (C=O) groups excluding carboxylic acids is 3. The lowest BCUT2D eigenvalue weighted by Crippen LogP contribution is -2.57. The fraction of sp³-hybridized carbons (Fsp3) is 0.706. The molecule has 0 aromatic rings. The molecule has 0 bridgehead atoms. The molecule has 9 N–H and O–H groups in total. The molecule has 1 saturated heterocycles. The highest BCUT2D eigenvalue weighted by molar-refractivity contribution is 5.96. The molecule has 0 spiro atoms. The van der Waals surface area contributed by atoms with Crippen LogP contribution in [0.2, 0.25) is 0 Å². The van der Waals surface area contributed by atoms with E-state index in [1.54, 1.807) is 0 Å². The third-order valence-corrected chi connectivity index (χ3v) is 4.33. The SMILES string of the molecule is C[C@H](NC(=O)CC(=O)O)C(=O)N[C@@H](CCCNC(=N)N)C(=O)NC1CCCCN1. The van der Waals surface area contributed by atoms with Gasteiger partial charge in [0.15, 0.2) is 5.96 Å². The second-order valence-corrected chi connectivity index (χ2v) is 6.91. The number of nitrogens with one attached hydrogen (secondary N) is 6. The lowest BCUT2D eigenvalue weighted by atomic mass is 10.1. The largest absolute Gasteiger partial charge is 0.481 e. The number of amides is 3. The minimum absolute atomic E-state index is 0.168. The van der Waals surface area contributed by atoms with Crippen molar-refractivity contribution >= 4 is 29.7 Å². The van der Waals surface area contributed by atoms with Gasteiger partial charge in [0, 0.05) is 6.54 Å². The van der Waals surface area contributed by atoms with Gasteiger partial charge in [0.1, 0.15) is 18.5 Å². The summed E-state index contributed by atoms with van der Waals surface area (Å²) < 4.78 is 0. The molecule has 0 saturated carbocycles. The molecule has 1 fully saturated rings. The van der Waals surface area contributed by atoms with Gasteiger partial charge in [-0.15, -0.1) is 0 Å². The normalized spacial score (nSPS) is 18.0. The zero-order valence-corrected chi connectivity index (χ0v) is 16.5. The molecule has 3 atom stereocenters. The van der Waals surface area contributed by atoms with Crippen LogP contribution in [-0.2, 0) is 19.2 Å². The Morgan fingerprint density at radius 2 is 1.93 bits per heavy atom. The average Bonchev–Trinajstić information content (AvgIpc) is 2.63. The van der Waals surface area contributed by atoms with Gasteiger partial charge in [-0.25, -0.2) is 0 Å². The lowest BCUT2D eigenvalue weighted by molar-refractivity contribution is -0.141. The van der Waals surface area contributed by atoms with Gasteiger partial charge in [-0.05, 0) is 45.6 Å². The van der Waals surface area contributed by atoms with Crippen molar-refractivity contribution in [1.82, 2.24) is 26.6 Å². The van der Waals surface area contributed by atoms with Crippen LogP contribution in [0.25, 0.3) is 0 Å². The van der Waals surface area contributed by atoms with Gasteiger partial charge in [0.25, 0.3) is 0 Å². The molecule has 29 heavy (non-hydrogen) atoms. The maximum atomic E-state index is 12.6. The molecule has 1 aliphatic heterocycles. The Balaban J connectivity index is 2.63. The predicted molar refractivity (Wildman–Crippen MR) is 105 cm³/mol. The topological polar surface area (TPSA) is 199 Å². The van der Waals surface area contributed by atoms with Crippen molar-refractivity contribution in [2.45, 2.75) is 63.7 Å². The first-order chi connectivity index (χ1) is 13.7. The molecule has 12 nitrogen and oxygen atoms in total. The Morgan fingerprint density at radius 1 is 1.21 bits per heavy atom. The third kappa shape index (κ3) is 10.3. The summed E-state index contributed by atoms with van der Waals surface area (Å²) in [6.45, 7) is 2.57. The molecule has 1 heterocycles. The quantitative estimate of drug-likeness (QED) is 0.0817. The summed E-state index contributed by atoms with van der Waals surface area (Å²) >= 11 is 0. The first-order valence-electron chi connectivity index (χ1n) is 9.62. The Bertz CT molecular complexity index is 607. The number of aliphatic carboxylic acids is 1. The third-order valence-electron chi connectivity index (χ3n) is 4.33. The van der Waals surface area contributed by atoms with Crippen molar-refractivity contribution in [2.75, 3.05) is 13.1 Å². The molecule has 0 radical (unpaired) electrons. The summed E-state index contributed by atoms with van der Waals surface area (Å²) in [5.74, 6) is -3.23. The number of carboxylic acids is 1. The Kier molecular flexibility index (Phi) is 10.4. The molecule has 0 aromatic carbocycles. The highest BCUT2D eigenvalue weighted by Gasteiger charge is 2.26. The number of carbonyl (C=O) groups is 4. The molecule has 1 aliphatic rings. The monoisotopic (exact) mass is 413 g/mol. The summed E-state index contributed by atoms with van der Waals surface area (Å²) in [4.78, 5) is 47.1. The molecule has 1 unspecified atom stereocenters. The molecule has 12 heteroatoms. The van der Waals surface area contributed by atoms with Gasteiger partial charge < -0.3 is 32.1 Å². The minimum Gasteiger partial charge on any atom is -0.481 e. The maximum Gasteiger partial charge on any atom is 0.312 e. The molecular weight excluding hydrogens is 382 g/mol. The summed E-state index contributed by atoms with van der Waals surface area (Å²) in [6, 6.07) is -1.85. The zero-order chi connectivity index (χ0) is 21.8. The van der Waals surface area contributed by atoms with Crippen molar-refractivity contribution < 1.29 is 24.3 Å². The standard InChI is InChI=1S/C17H31N7O5/c1-10(22-13(25)9-14(26)27)15(28)23-11(5-4-8-21-17(18)19)16(29)24-12-6-2-3-7-20-12/h10-12,20H,2-9H2,1H3,(H,22,25)(H,23,28)(H,24,29)(H,26,27)(H4,18,19,21)/t10-,11-,12?/m0/s1. The molecule has 164 valence electrons. The van der Waals surface area contributed by atoms with E-state index < -0.39 is 36.3 Å². The highest BCUT2D eigenvalue weighted by atomic mass is 16.4. The number of carboxylic acid groups (broad SMARTS) is 1. The van der Waals surface area contributed by atoms with Crippen LogP contribution in [0.1, 0.15) is 45.4 Å². The minimum atomic E-state index is -1.30. The van der Waals surface area contributed by atoms with Crippen molar-refractivity contribution in [1.29, 1.82) is 5.41 Å². The second-order valence-electron chi connectivity index (χ2n) is 6.91. The molecule has 0 aliphatic carbocycles. The number of piperidine rings is 1. The molecular formula is C17H31N7O5. The van der Waals surface area contributed by atoms with E-state index in [2.05, 4.69) is 26.6 Å². The van der Waals surface area contributed by atoms with E-state index >= 15 is 0 Å². The number of nitrogens with two attached hydrogens (primary N) is 1. The van der Waals surface area contributed by atoms with E-state index in [-0.39, 0.29) is 18.0 Å². The summed E-state index contributed by atoms with van der Waals surface area (Å²) in [5.41, 5.74) is 5.23. The molecule has 1 rings (SSSR count). The van der Waals surface area contributed by atoms with Crippen LogP contribution in [0.3, 0.4) is 0 Å². The van der Waals surface area contributed by atoms with Crippen molar-refractivity contribution in [3.05, 3.63) is 0 Å². The summed E-state index contributed by atoms with van der Waals surface area (Å²) in [7, 11) is 0. The van der Waals surface area contributed by atoms with Crippen molar-refractivity contribution in [2.24, 2.45) is 5.73 Å². The van der Waals surface area contributed by atoms with Gasteiger partial charge in [-0.3, -0.25) is 29.9 Å². The van der Waals surface area contributed by atoms with Crippen LogP contribution < -0.4 is 32.3 Å². The van der Waals surface area contributed by atoms with Crippen LogP contribution >= 0.6 is 0 Å². The van der Waals surface area contributed by atoms with Gasteiger partial charge in [0.05, 0.1) is 6.17 Å². The van der Waals surface area contributed by atoms with E-state index in [4.69, 9.17) is 16.2 Å². The first kappa shape index (κ1) is 24.1.